The molecule has 1 saturated carbocycles. The fraction of sp³-hybridized carbons (Fsp3) is 1.00. The van der Waals surface area contributed by atoms with Crippen molar-refractivity contribution in [3.8, 4) is 0 Å². The second kappa shape index (κ2) is 4.29. The van der Waals surface area contributed by atoms with E-state index in [0.29, 0.717) is 6.04 Å². The Morgan fingerprint density at radius 3 is 2.33 bits per heavy atom. The van der Waals surface area contributed by atoms with Gasteiger partial charge in [0.2, 0.25) is 0 Å². The summed E-state index contributed by atoms with van der Waals surface area (Å²) < 4.78 is 2.80. The Hall–Kier alpha value is 0.439. The van der Waals surface area contributed by atoms with Crippen LogP contribution in [0.5, 0.6) is 0 Å². The Morgan fingerprint density at radius 2 is 1.78 bits per heavy atom. The molecular formula is C6H13MnN2. The number of nitrogens with one attached hydrogen (secondary N) is 2. The Balaban J connectivity index is 2.08. The molecule has 0 heterocycles. The van der Waals surface area contributed by atoms with Gasteiger partial charge in [0.1, 0.15) is 0 Å². The van der Waals surface area contributed by atoms with Gasteiger partial charge in [-0.2, -0.15) is 0 Å². The molecule has 1 aliphatic carbocycles. The molecule has 54 valence electrons. The molecule has 0 spiro atoms. The van der Waals surface area contributed by atoms with Crippen molar-refractivity contribution in [2.24, 2.45) is 0 Å². The zero-order valence-electron chi connectivity index (χ0n) is 5.49. The molecular weight excluding hydrogens is 155 g/mol. The van der Waals surface area contributed by atoms with Gasteiger partial charge < -0.3 is 0 Å². The third-order valence-corrected chi connectivity index (χ3v) is 2.03. The predicted octanol–water partition coefficient (Wildman–Crippen LogP) is 0.875. The zero-order chi connectivity index (χ0) is 6.53. The quantitative estimate of drug-likeness (QED) is 0.472. The average Bonchev–Trinajstić information content (AvgIpc) is 1.91. The minimum atomic E-state index is 0.693. The van der Waals surface area contributed by atoms with Gasteiger partial charge >= 0.3 is 64.2 Å². The van der Waals surface area contributed by atoms with Crippen molar-refractivity contribution in [3.63, 3.8) is 0 Å². The van der Waals surface area contributed by atoms with Crippen LogP contribution in [0.2, 0.25) is 0 Å². The van der Waals surface area contributed by atoms with E-state index in [9.17, 15) is 0 Å². The number of hydrogen-bond donors (Lipinski definition) is 2. The van der Waals surface area contributed by atoms with E-state index in [-0.39, 0.29) is 0 Å². The Kier molecular flexibility index (Phi) is 3.59. The summed E-state index contributed by atoms with van der Waals surface area (Å²) in [5.41, 5.74) is 3.15. The SMILES string of the molecule is [Mn][NH]NC1CCCCC1. The maximum atomic E-state index is 3.15. The first-order valence-electron chi connectivity index (χ1n) is 3.54. The first kappa shape index (κ1) is 7.55. The van der Waals surface area contributed by atoms with Crippen LogP contribution in [0.4, 0.5) is 0 Å². The van der Waals surface area contributed by atoms with Crippen molar-refractivity contribution in [3.05, 3.63) is 0 Å². The van der Waals surface area contributed by atoms with Gasteiger partial charge in [-0.25, -0.2) is 0 Å². The van der Waals surface area contributed by atoms with Crippen molar-refractivity contribution in [1.29, 1.82) is 0 Å². The van der Waals surface area contributed by atoms with E-state index in [4.69, 9.17) is 0 Å². The second-order valence-electron chi connectivity index (χ2n) is 2.57. The van der Waals surface area contributed by atoms with Crippen LogP contribution in [0.3, 0.4) is 0 Å². The Morgan fingerprint density at radius 1 is 1.11 bits per heavy atom. The molecule has 0 aromatic rings. The van der Waals surface area contributed by atoms with Gasteiger partial charge in [0, 0.05) is 0 Å². The molecule has 0 unspecified atom stereocenters. The van der Waals surface area contributed by atoms with Crippen LogP contribution in [0.25, 0.3) is 0 Å². The third-order valence-electron chi connectivity index (χ3n) is 1.86. The van der Waals surface area contributed by atoms with Crippen molar-refractivity contribution >= 4 is 0 Å². The molecule has 2 N–H and O–H groups in total. The van der Waals surface area contributed by atoms with Crippen LogP contribution in [0.1, 0.15) is 32.1 Å². The molecule has 0 radical (unpaired) electrons. The summed E-state index contributed by atoms with van der Waals surface area (Å²) in [5.74, 6) is 0. The van der Waals surface area contributed by atoms with Gasteiger partial charge in [0.25, 0.3) is 0 Å². The molecule has 9 heavy (non-hydrogen) atoms. The predicted molar refractivity (Wildman–Crippen MR) is 33.1 cm³/mol. The van der Waals surface area contributed by atoms with Crippen molar-refractivity contribution < 1.29 is 16.2 Å². The summed E-state index contributed by atoms with van der Waals surface area (Å²) in [4.78, 5) is 0. The molecule has 0 aromatic carbocycles. The first-order chi connectivity index (χ1) is 4.43. The topological polar surface area (TPSA) is 24.1 Å². The second-order valence-corrected chi connectivity index (χ2v) is 2.87. The summed E-state index contributed by atoms with van der Waals surface area (Å²) in [7, 11) is 0. The van der Waals surface area contributed by atoms with Gasteiger partial charge in [-0.3, -0.25) is 0 Å². The maximum absolute atomic E-state index is 3.15. The van der Waals surface area contributed by atoms with E-state index in [2.05, 4.69) is 26.1 Å². The fourth-order valence-corrected chi connectivity index (χ4v) is 1.57. The van der Waals surface area contributed by atoms with Crippen LogP contribution >= 0.6 is 0 Å². The normalized spacial score (nSPS) is 22.3. The summed E-state index contributed by atoms with van der Waals surface area (Å²) in [6, 6.07) is 0.693. The average molecular weight is 168 g/mol. The van der Waals surface area contributed by atoms with E-state index < -0.39 is 0 Å². The number of rotatable bonds is 2. The van der Waals surface area contributed by atoms with Gasteiger partial charge in [-0.15, -0.1) is 0 Å². The Labute approximate surface area is 64.8 Å². The monoisotopic (exact) mass is 168 g/mol. The van der Waals surface area contributed by atoms with Gasteiger partial charge in [0.05, 0.1) is 0 Å². The van der Waals surface area contributed by atoms with Crippen molar-refractivity contribution in [2.45, 2.75) is 38.1 Å². The summed E-state index contributed by atoms with van der Waals surface area (Å²) in [6.45, 7) is 0. The van der Waals surface area contributed by atoms with Crippen molar-refractivity contribution in [1.82, 2.24) is 9.87 Å². The third kappa shape index (κ3) is 2.67. The van der Waals surface area contributed by atoms with Crippen LogP contribution in [-0.4, -0.2) is 6.04 Å². The van der Waals surface area contributed by atoms with Crippen LogP contribution in [0, 0.1) is 0 Å². The molecule has 0 bridgehead atoms. The summed E-state index contributed by atoms with van der Waals surface area (Å²) in [6.07, 6.45) is 6.82. The molecule has 0 aromatic heterocycles. The van der Waals surface area contributed by atoms with Crippen LogP contribution in [0.15, 0.2) is 0 Å². The number of hydrazine groups is 1. The molecule has 1 aliphatic rings. The van der Waals surface area contributed by atoms with Crippen molar-refractivity contribution in [2.75, 3.05) is 0 Å². The summed E-state index contributed by atoms with van der Waals surface area (Å²) in [5, 5.41) is 0. The van der Waals surface area contributed by atoms with Gasteiger partial charge in [-0.1, -0.05) is 0 Å². The van der Waals surface area contributed by atoms with Gasteiger partial charge in [-0.05, 0) is 0 Å². The zero-order valence-corrected chi connectivity index (χ0v) is 6.67. The van der Waals surface area contributed by atoms with Crippen LogP contribution in [-0.2, 0) is 16.2 Å². The summed E-state index contributed by atoms with van der Waals surface area (Å²) >= 11 is 3.12. The Bertz CT molecular complexity index is 68.7. The minimum absolute atomic E-state index is 0.693. The van der Waals surface area contributed by atoms with E-state index in [0.717, 1.165) is 0 Å². The first-order valence-corrected chi connectivity index (χ1v) is 4.13. The molecule has 0 amide bonds. The molecule has 0 saturated heterocycles. The molecule has 0 atom stereocenters. The molecule has 2 nitrogen and oxygen atoms in total. The standard InChI is InChI=1S/C6H13N2.Mn/c7-8-6-4-2-1-3-5-6;/h6-8H,1-5H2;/q-1;+1. The van der Waals surface area contributed by atoms with E-state index >= 15 is 0 Å². The van der Waals surface area contributed by atoms with Crippen LogP contribution < -0.4 is 9.87 Å². The molecule has 1 rings (SSSR count). The molecule has 1 fully saturated rings. The van der Waals surface area contributed by atoms with E-state index in [1.165, 1.54) is 32.1 Å². The molecule has 0 aliphatic heterocycles. The van der Waals surface area contributed by atoms with Gasteiger partial charge in [0.15, 0.2) is 0 Å². The van der Waals surface area contributed by atoms with E-state index in [1.54, 1.807) is 0 Å². The van der Waals surface area contributed by atoms with E-state index in [1.807, 2.05) is 0 Å². The molecule has 3 heteroatoms. The number of hydrogen-bond acceptors (Lipinski definition) is 2. The fourth-order valence-electron chi connectivity index (χ4n) is 1.32.